The lowest BCUT2D eigenvalue weighted by Gasteiger charge is -2.28. The van der Waals surface area contributed by atoms with Crippen molar-refractivity contribution in [1.29, 1.82) is 0 Å². The van der Waals surface area contributed by atoms with Gasteiger partial charge in [0.15, 0.2) is 0 Å². The van der Waals surface area contributed by atoms with Crippen LogP contribution < -0.4 is 15.4 Å². The van der Waals surface area contributed by atoms with E-state index in [4.69, 9.17) is 11.6 Å². The molecule has 3 N–H and O–H groups in total. The number of halogens is 5. The van der Waals surface area contributed by atoms with Crippen molar-refractivity contribution in [3.63, 3.8) is 0 Å². The molecule has 1 aliphatic carbocycles. The minimum atomic E-state index is -5.10. The van der Waals surface area contributed by atoms with E-state index in [9.17, 15) is 30.8 Å². The molecule has 6 nitrogen and oxygen atoms in total. The number of aryl methyl sites for hydroxylation is 1. The van der Waals surface area contributed by atoms with Crippen LogP contribution in [0.25, 0.3) is 0 Å². The summed E-state index contributed by atoms with van der Waals surface area (Å²) in [5.41, 5.74) is 2.82. The molecule has 0 saturated heterocycles. The molecule has 2 aromatic carbocycles. The van der Waals surface area contributed by atoms with E-state index in [0.29, 0.717) is 19.0 Å². The molecule has 0 unspecified atom stereocenters. The first-order valence-electron chi connectivity index (χ1n) is 11.8. The zero-order valence-corrected chi connectivity index (χ0v) is 22.2. The third-order valence-electron chi connectivity index (χ3n) is 5.94. The van der Waals surface area contributed by atoms with Gasteiger partial charge in [0.25, 0.3) is 0 Å². The average Bonchev–Trinajstić information content (AvgIpc) is 2.77. The van der Waals surface area contributed by atoms with Crippen LogP contribution in [0.3, 0.4) is 0 Å². The van der Waals surface area contributed by atoms with Crippen LogP contribution in [0, 0.1) is 5.82 Å². The van der Waals surface area contributed by atoms with Gasteiger partial charge in [-0.15, -0.1) is 0 Å². The molecule has 0 aliphatic heterocycles. The number of amides is 1. The minimum absolute atomic E-state index is 0.0680. The van der Waals surface area contributed by atoms with Crippen molar-refractivity contribution < 1.29 is 30.8 Å². The van der Waals surface area contributed by atoms with E-state index in [0.717, 1.165) is 41.7 Å². The highest BCUT2D eigenvalue weighted by molar-refractivity contribution is 7.89. The van der Waals surface area contributed by atoms with Gasteiger partial charge in [0, 0.05) is 17.1 Å². The van der Waals surface area contributed by atoms with Gasteiger partial charge >= 0.3 is 6.18 Å². The predicted octanol–water partition coefficient (Wildman–Crippen LogP) is 5.16. The van der Waals surface area contributed by atoms with E-state index in [1.54, 1.807) is 0 Å². The molecule has 0 radical (unpaired) electrons. The second-order valence-electron chi connectivity index (χ2n) is 10.1. The maximum atomic E-state index is 14.0. The lowest BCUT2D eigenvalue weighted by molar-refractivity contribution is -0.158. The summed E-state index contributed by atoms with van der Waals surface area (Å²) in [7, 11) is -4.96. The minimum Gasteiger partial charge on any atom is -0.349 e. The Labute approximate surface area is 219 Å². The van der Waals surface area contributed by atoms with Gasteiger partial charge in [0.05, 0.1) is 12.5 Å². The Morgan fingerprint density at radius 2 is 1.84 bits per heavy atom. The van der Waals surface area contributed by atoms with Gasteiger partial charge < -0.3 is 10.6 Å². The predicted molar refractivity (Wildman–Crippen MR) is 133 cm³/mol. The van der Waals surface area contributed by atoms with E-state index in [1.807, 2.05) is 18.2 Å². The molecular weight excluding hydrogens is 534 g/mol. The van der Waals surface area contributed by atoms with E-state index in [-0.39, 0.29) is 10.6 Å². The van der Waals surface area contributed by atoms with E-state index >= 15 is 0 Å². The highest BCUT2D eigenvalue weighted by atomic mass is 35.5. The molecule has 204 valence electrons. The van der Waals surface area contributed by atoms with Crippen LogP contribution in [0.2, 0.25) is 5.02 Å². The number of hydrogen-bond donors (Lipinski definition) is 3. The maximum absolute atomic E-state index is 14.0. The first kappa shape index (κ1) is 29.3. The van der Waals surface area contributed by atoms with Crippen LogP contribution in [0.1, 0.15) is 62.8 Å². The molecular formula is C25H30ClF4N3O3S. The van der Waals surface area contributed by atoms with Crippen LogP contribution in [-0.2, 0) is 27.8 Å². The average molecular weight is 564 g/mol. The Kier molecular flexibility index (Phi) is 8.94. The summed E-state index contributed by atoms with van der Waals surface area (Å²) < 4.78 is 81.5. The molecule has 0 bridgehead atoms. The molecule has 0 saturated carbocycles. The fourth-order valence-corrected chi connectivity index (χ4v) is 5.65. The summed E-state index contributed by atoms with van der Waals surface area (Å²) in [6, 6.07) is 5.05. The lowest BCUT2D eigenvalue weighted by atomic mass is 9.86. The summed E-state index contributed by atoms with van der Waals surface area (Å²) in [6.45, 7) is 6.80. The quantitative estimate of drug-likeness (QED) is 0.387. The van der Waals surface area contributed by atoms with Crippen molar-refractivity contribution in [1.82, 2.24) is 15.4 Å². The Bertz CT molecular complexity index is 1250. The molecule has 1 amide bonds. The molecule has 0 aromatic heterocycles. The largest absolute Gasteiger partial charge is 0.405 e. The third kappa shape index (κ3) is 8.13. The number of carbonyl (C=O) groups is 1. The van der Waals surface area contributed by atoms with Gasteiger partial charge in [-0.2, -0.15) is 17.9 Å². The van der Waals surface area contributed by atoms with Crippen molar-refractivity contribution >= 4 is 27.5 Å². The summed E-state index contributed by atoms with van der Waals surface area (Å²) in [6.07, 6.45) is -4.25. The molecule has 3 rings (SSSR count). The van der Waals surface area contributed by atoms with Gasteiger partial charge in [0.2, 0.25) is 15.9 Å². The topological polar surface area (TPSA) is 87.3 Å². The van der Waals surface area contributed by atoms with Crippen molar-refractivity contribution in [2.45, 2.75) is 81.7 Å². The molecule has 12 heteroatoms. The highest BCUT2D eigenvalue weighted by Crippen LogP contribution is 2.32. The molecule has 2 aromatic rings. The van der Waals surface area contributed by atoms with E-state index < -0.39 is 51.3 Å². The van der Waals surface area contributed by atoms with Crippen LogP contribution in [-0.4, -0.2) is 32.1 Å². The summed E-state index contributed by atoms with van der Waals surface area (Å²) in [5, 5.41) is 5.84. The Hall–Kier alpha value is -2.21. The smallest absolute Gasteiger partial charge is 0.349 e. The molecule has 0 spiro atoms. The normalized spacial score (nSPS) is 17.2. The number of sulfonamides is 1. The number of rotatable bonds is 8. The molecule has 1 aliphatic rings. The first-order valence-corrected chi connectivity index (χ1v) is 13.6. The summed E-state index contributed by atoms with van der Waals surface area (Å²) in [4.78, 5) is 11.6. The van der Waals surface area contributed by atoms with Gasteiger partial charge in [0.1, 0.15) is 16.8 Å². The summed E-state index contributed by atoms with van der Waals surface area (Å²) >= 11 is 5.68. The number of alkyl halides is 3. The molecule has 2 atom stereocenters. The molecule has 0 fully saturated rings. The maximum Gasteiger partial charge on any atom is 0.405 e. The van der Waals surface area contributed by atoms with Gasteiger partial charge in [-0.05, 0) is 74.9 Å². The third-order valence-corrected chi connectivity index (χ3v) is 7.67. The Balaban J connectivity index is 1.73. The first-order chi connectivity index (χ1) is 17.0. The fraction of sp³-hybridized carbons (Fsp3) is 0.480. The van der Waals surface area contributed by atoms with Crippen LogP contribution in [0.4, 0.5) is 17.6 Å². The summed E-state index contributed by atoms with van der Waals surface area (Å²) in [5.74, 6) is -2.24. The lowest BCUT2D eigenvalue weighted by Crippen LogP contribution is -2.48. The Morgan fingerprint density at radius 1 is 1.14 bits per heavy atom. The van der Waals surface area contributed by atoms with Gasteiger partial charge in [-0.1, -0.05) is 29.8 Å². The monoisotopic (exact) mass is 563 g/mol. The van der Waals surface area contributed by atoms with E-state index in [1.165, 1.54) is 4.72 Å². The van der Waals surface area contributed by atoms with Gasteiger partial charge in [-0.25, -0.2) is 12.8 Å². The SMILES string of the molecule is CC(C)(C)NCc1ccc2c(c1)CCC[C@H]2NC(=O)C[C@@H](NS(=O)(=O)c1cc(Cl)ccc1F)C(F)(F)F. The van der Waals surface area contributed by atoms with E-state index in [2.05, 4.69) is 31.4 Å². The van der Waals surface area contributed by atoms with Crippen LogP contribution in [0.5, 0.6) is 0 Å². The van der Waals surface area contributed by atoms with Gasteiger partial charge in [-0.3, -0.25) is 4.79 Å². The second-order valence-corrected chi connectivity index (χ2v) is 12.3. The van der Waals surface area contributed by atoms with Crippen LogP contribution >= 0.6 is 11.6 Å². The standard InChI is InChI=1S/C25H30ClF4N3O3S/c1-24(2,3)31-14-15-7-9-18-16(11-15)5-4-6-20(18)32-23(34)13-22(25(28,29)30)33-37(35,36)21-12-17(26)8-10-19(21)27/h7-12,20,22,31,33H,4-6,13-14H2,1-3H3,(H,32,34)/t20-,22-/m1/s1. The number of fused-ring (bicyclic) bond motifs is 1. The van der Waals surface area contributed by atoms with Crippen molar-refractivity contribution in [2.75, 3.05) is 0 Å². The number of nitrogens with one attached hydrogen (secondary N) is 3. The molecule has 37 heavy (non-hydrogen) atoms. The highest BCUT2D eigenvalue weighted by Gasteiger charge is 2.44. The van der Waals surface area contributed by atoms with Crippen molar-refractivity contribution in [2.24, 2.45) is 0 Å². The second kappa shape index (κ2) is 11.3. The van der Waals surface area contributed by atoms with Crippen molar-refractivity contribution in [3.8, 4) is 0 Å². The fourth-order valence-electron chi connectivity index (χ4n) is 4.09. The Morgan fingerprint density at radius 3 is 2.49 bits per heavy atom. The number of benzene rings is 2. The number of hydrogen-bond acceptors (Lipinski definition) is 4. The zero-order chi connectivity index (χ0) is 27.6. The van der Waals surface area contributed by atoms with Crippen LogP contribution in [0.15, 0.2) is 41.3 Å². The number of carbonyl (C=O) groups excluding carboxylic acids is 1. The molecule has 0 heterocycles. The van der Waals surface area contributed by atoms with Crippen molar-refractivity contribution in [3.05, 3.63) is 63.9 Å². The zero-order valence-electron chi connectivity index (χ0n) is 20.7.